The SMILES string of the molecule is CCc1ccc(CN(C)C(=O)c2cc(OC)c(OC)cc2OC)cc1. The number of carbonyl (C=O) groups excluding carboxylic acids is 1. The molecule has 2 aromatic carbocycles. The lowest BCUT2D eigenvalue weighted by Gasteiger charge is -2.20. The normalized spacial score (nSPS) is 10.3. The zero-order valence-corrected chi connectivity index (χ0v) is 15.5. The Morgan fingerprint density at radius 1 is 0.880 bits per heavy atom. The number of aryl methyl sites for hydroxylation is 1. The number of amides is 1. The van der Waals surface area contributed by atoms with Gasteiger partial charge >= 0.3 is 0 Å². The summed E-state index contributed by atoms with van der Waals surface area (Å²) in [5.41, 5.74) is 2.79. The fourth-order valence-electron chi connectivity index (χ4n) is 2.63. The molecule has 0 aliphatic heterocycles. The highest BCUT2D eigenvalue weighted by Crippen LogP contribution is 2.35. The maximum absolute atomic E-state index is 12.9. The molecule has 0 radical (unpaired) electrons. The second-order valence-electron chi connectivity index (χ2n) is 5.74. The molecule has 0 atom stereocenters. The Kier molecular flexibility index (Phi) is 6.28. The van der Waals surface area contributed by atoms with E-state index in [0.717, 1.165) is 12.0 Å². The van der Waals surface area contributed by atoms with Crippen molar-refractivity contribution < 1.29 is 19.0 Å². The van der Waals surface area contributed by atoms with Crippen LogP contribution < -0.4 is 14.2 Å². The van der Waals surface area contributed by atoms with E-state index in [4.69, 9.17) is 14.2 Å². The van der Waals surface area contributed by atoms with Crippen molar-refractivity contribution in [3.8, 4) is 17.2 Å². The largest absolute Gasteiger partial charge is 0.496 e. The molecule has 0 N–H and O–H groups in total. The molecule has 0 unspecified atom stereocenters. The van der Waals surface area contributed by atoms with Crippen LogP contribution in [-0.4, -0.2) is 39.2 Å². The van der Waals surface area contributed by atoms with Crippen LogP contribution in [0.4, 0.5) is 0 Å². The Morgan fingerprint density at radius 3 is 1.92 bits per heavy atom. The maximum Gasteiger partial charge on any atom is 0.257 e. The van der Waals surface area contributed by atoms with E-state index in [1.807, 2.05) is 0 Å². The van der Waals surface area contributed by atoms with Gasteiger partial charge in [0.15, 0.2) is 11.5 Å². The molecule has 5 nitrogen and oxygen atoms in total. The van der Waals surface area contributed by atoms with Crippen LogP contribution in [0.15, 0.2) is 36.4 Å². The lowest BCUT2D eigenvalue weighted by atomic mass is 10.1. The Labute approximate surface area is 149 Å². The van der Waals surface area contributed by atoms with Gasteiger partial charge in [-0.3, -0.25) is 4.79 Å². The average molecular weight is 343 g/mol. The lowest BCUT2D eigenvalue weighted by molar-refractivity contribution is 0.0781. The monoisotopic (exact) mass is 343 g/mol. The molecular weight excluding hydrogens is 318 g/mol. The molecule has 0 bridgehead atoms. The van der Waals surface area contributed by atoms with Gasteiger partial charge in [-0.1, -0.05) is 31.2 Å². The van der Waals surface area contributed by atoms with Crippen LogP contribution in [-0.2, 0) is 13.0 Å². The second-order valence-corrected chi connectivity index (χ2v) is 5.74. The third kappa shape index (κ3) is 4.24. The van der Waals surface area contributed by atoms with Crippen LogP contribution in [0.25, 0.3) is 0 Å². The van der Waals surface area contributed by atoms with Crippen LogP contribution >= 0.6 is 0 Å². The summed E-state index contributed by atoms with van der Waals surface area (Å²) in [5.74, 6) is 1.33. The van der Waals surface area contributed by atoms with Gasteiger partial charge in [0.05, 0.1) is 26.9 Å². The summed E-state index contributed by atoms with van der Waals surface area (Å²) in [7, 11) is 6.39. The smallest absolute Gasteiger partial charge is 0.257 e. The van der Waals surface area contributed by atoms with Crippen LogP contribution in [0.1, 0.15) is 28.4 Å². The van der Waals surface area contributed by atoms with Crippen LogP contribution in [0, 0.1) is 0 Å². The summed E-state index contributed by atoms with van der Waals surface area (Å²) < 4.78 is 15.9. The highest BCUT2D eigenvalue weighted by molar-refractivity contribution is 5.97. The number of hydrogen-bond donors (Lipinski definition) is 0. The number of nitrogens with zero attached hydrogens (tertiary/aromatic N) is 1. The lowest BCUT2D eigenvalue weighted by Crippen LogP contribution is -2.26. The van der Waals surface area contributed by atoms with E-state index in [2.05, 4.69) is 31.2 Å². The van der Waals surface area contributed by atoms with Gasteiger partial charge in [0.25, 0.3) is 5.91 Å². The summed E-state index contributed by atoms with van der Waals surface area (Å²) in [5, 5.41) is 0. The molecule has 0 aliphatic rings. The fraction of sp³-hybridized carbons (Fsp3) is 0.350. The first-order valence-corrected chi connectivity index (χ1v) is 8.17. The highest BCUT2D eigenvalue weighted by atomic mass is 16.5. The molecule has 134 valence electrons. The van der Waals surface area contributed by atoms with E-state index < -0.39 is 0 Å². The van der Waals surface area contributed by atoms with Gasteiger partial charge < -0.3 is 19.1 Å². The van der Waals surface area contributed by atoms with Crippen molar-refractivity contribution in [3.63, 3.8) is 0 Å². The fourth-order valence-corrected chi connectivity index (χ4v) is 2.63. The van der Waals surface area contributed by atoms with Gasteiger partial charge in [0, 0.05) is 25.7 Å². The van der Waals surface area contributed by atoms with Crippen molar-refractivity contribution in [1.29, 1.82) is 0 Å². The molecule has 5 heteroatoms. The first-order chi connectivity index (χ1) is 12.0. The Morgan fingerprint density at radius 2 is 1.40 bits per heavy atom. The molecule has 0 heterocycles. The van der Waals surface area contributed by atoms with E-state index in [0.29, 0.717) is 29.4 Å². The number of ether oxygens (including phenoxy) is 3. The topological polar surface area (TPSA) is 48.0 Å². The summed E-state index contributed by atoms with van der Waals surface area (Å²) in [6.45, 7) is 2.63. The van der Waals surface area contributed by atoms with Crippen molar-refractivity contribution >= 4 is 5.91 Å². The van der Waals surface area contributed by atoms with E-state index in [-0.39, 0.29) is 5.91 Å². The molecule has 0 aliphatic carbocycles. The van der Waals surface area contributed by atoms with Crippen molar-refractivity contribution in [2.75, 3.05) is 28.4 Å². The van der Waals surface area contributed by atoms with Gasteiger partial charge in [-0.05, 0) is 17.5 Å². The zero-order valence-electron chi connectivity index (χ0n) is 15.5. The van der Waals surface area contributed by atoms with Gasteiger partial charge in [-0.15, -0.1) is 0 Å². The van der Waals surface area contributed by atoms with E-state index in [1.54, 1.807) is 31.2 Å². The standard InChI is InChI=1S/C20H25NO4/c1-6-14-7-9-15(10-8-14)13-21(2)20(22)16-11-18(24-4)19(25-5)12-17(16)23-3/h7-12H,6,13H2,1-5H3. The van der Waals surface area contributed by atoms with Crippen molar-refractivity contribution in [2.24, 2.45) is 0 Å². The van der Waals surface area contributed by atoms with Crippen LogP contribution in [0.2, 0.25) is 0 Å². The van der Waals surface area contributed by atoms with Gasteiger partial charge in [0.2, 0.25) is 0 Å². The Balaban J connectivity index is 2.25. The van der Waals surface area contributed by atoms with Gasteiger partial charge in [-0.25, -0.2) is 0 Å². The maximum atomic E-state index is 12.9. The van der Waals surface area contributed by atoms with E-state index >= 15 is 0 Å². The minimum absolute atomic E-state index is 0.141. The molecule has 2 rings (SSSR count). The molecule has 1 amide bonds. The third-order valence-corrected chi connectivity index (χ3v) is 4.13. The van der Waals surface area contributed by atoms with Crippen LogP contribution in [0.3, 0.4) is 0 Å². The summed E-state index contributed by atoms with van der Waals surface area (Å²) >= 11 is 0. The van der Waals surface area contributed by atoms with Gasteiger partial charge in [0.1, 0.15) is 5.75 Å². The number of carbonyl (C=O) groups is 1. The molecule has 0 saturated carbocycles. The number of rotatable bonds is 7. The number of hydrogen-bond acceptors (Lipinski definition) is 4. The molecular formula is C20H25NO4. The highest BCUT2D eigenvalue weighted by Gasteiger charge is 2.20. The van der Waals surface area contributed by atoms with Crippen LogP contribution in [0.5, 0.6) is 17.2 Å². The van der Waals surface area contributed by atoms with Crippen molar-refractivity contribution in [2.45, 2.75) is 19.9 Å². The molecule has 0 aromatic heterocycles. The molecule has 0 spiro atoms. The second kappa shape index (κ2) is 8.42. The summed E-state index contributed by atoms with van der Waals surface area (Å²) in [4.78, 5) is 14.5. The minimum Gasteiger partial charge on any atom is -0.496 e. The predicted octanol–water partition coefficient (Wildman–Crippen LogP) is 3.55. The average Bonchev–Trinajstić information content (AvgIpc) is 2.66. The van der Waals surface area contributed by atoms with Gasteiger partial charge in [-0.2, -0.15) is 0 Å². The molecule has 0 fully saturated rings. The first kappa shape index (κ1) is 18.6. The molecule has 0 saturated heterocycles. The Bertz CT molecular complexity index is 725. The van der Waals surface area contributed by atoms with E-state index in [1.165, 1.54) is 19.8 Å². The number of benzene rings is 2. The third-order valence-electron chi connectivity index (χ3n) is 4.13. The van der Waals surface area contributed by atoms with E-state index in [9.17, 15) is 4.79 Å². The zero-order chi connectivity index (χ0) is 18.4. The molecule has 2 aromatic rings. The number of methoxy groups -OCH3 is 3. The first-order valence-electron chi connectivity index (χ1n) is 8.17. The predicted molar refractivity (Wildman–Crippen MR) is 97.7 cm³/mol. The van der Waals surface area contributed by atoms with Crippen molar-refractivity contribution in [1.82, 2.24) is 4.90 Å². The minimum atomic E-state index is -0.141. The quantitative estimate of drug-likeness (QED) is 0.771. The van der Waals surface area contributed by atoms with Crippen molar-refractivity contribution in [3.05, 3.63) is 53.1 Å². The molecule has 25 heavy (non-hydrogen) atoms. The Hall–Kier alpha value is -2.69. The summed E-state index contributed by atoms with van der Waals surface area (Å²) in [6, 6.07) is 11.6. The summed E-state index contributed by atoms with van der Waals surface area (Å²) in [6.07, 6.45) is 0.998.